The van der Waals surface area contributed by atoms with E-state index in [0.717, 1.165) is 16.5 Å². The Kier molecular flexibility index (Phi) is 4.85. The predicted octanol–water partition coefficient (Wildman–Crippen LogP) is 1.92. The quantitative estimate of drug-likeness (QED) is 0.878. The van der Waals surface area contributed by atoms with Gasteiger partial charge in [0, 0.05) is 6.04 Å². The van der Waals surface area contributed by atoms with E-state index in [1.165, 1.54) is 0 Å². The van der Waals surface area contributed by atoms with Gasteiger partial charge in [-0.25, -0.2) is 8.42 Å². The fourth-order valence-corrected chi connectivity index (χ4v) is 4.56. The van der Waals surface area contributed by atoms with Crippen LogP contribution in [0, 0.1) is 0 Å². The van der Waals surface area contributed by atoms with Crippen molar-refractivity contribution in [3.05, 3.63) is 36.4 Å². The highest BCUT2D eigenvalue weighted by Crippen LogP contribution is 2.25. The van der Waals surface area contributed by atoms with Gasteiger partial charge in [-0.3, -0.25) is 4.79 Å². The lowest BCUT2D eigenvalue weighted by atomic mass is 10.1. The van der Waals surface area contributed by atoms with E-state index in [1.54, 1.807) is 20.1 Å². The topological polar surface area (TPSA) is 81.7 Å². The molecule has 25 heavy (non-hydrogen) atoms. The van der Waals surface area contributed by atoms with Crippen molar-refractivity contribution in [2.75, 3.05) is 18.6 Å². The molecule has 6 nitrogen and oxygen atoms in total. The van der Waals surface area contributed by atoms with Gasteiger partial charge >= 0.3 is 0 Å². The fourth-order valence-electron chi connectivity index (χ4n) is 2.89. The van der Waals surface area contributed by atoms with Crippen molar-refractivity contribution in [2.45, 2.75) is 25.5 Å². The van der Waals surface area contributed by atoms with E-state index in [0.29, 0.717) is 12.2 Å². The van der Waals surface area contributed by atoms with Gasteiger partial charge in [-0.15, -0.1) is 0 Å². The van der Waals surface area contributed by atoms with Crippen LogP contribution >= 0.6 is 0 Å². The second kappa shape index (κ2) is 6.92. The van der Waals surface area contributed by atoms with E-state index in [1.807, 2.05) is 30.3 Å². The molecule has 1 fully saturated rings. The molecule has 1 aliphatic heterocycles. The van der Waals surface area contributed by atoms with Gasteiger partial charge < -0.3 is 14.8 Å². The first-order valence-electron chi connectivity index (χ1n) is 8.11. The molecule has 0 aliphatic carbocycles. The summed E-state index contributed by atoms with van der Waals surface area (Å²) in [6, 6.07) is 11.0. The maximum Gasteiger partial charge on any atom is 0.261 e. The summed E-state index contributed by atoms with van der Waals surface area (Å²) < 4.78 is 33.9. The van der Waals surface area contributed by atoms with Crippen molar-refractivity contribution >= 4 is 26.5 Å². The Morgan fingerprint density at radius 3 is 2.48 bits per heavy atom. The number of carbonyl (C=O) groups excluding carboxylic acids is 1. The van der Waals surface area contributed by atoms with Gasteiger partial charge in [-0.05, 0) is 48.4 Å². The van der Waals surface area contributed by atoms with Gasteiger partial charge in [0.1, 0.15) is 11.5 Å². The molecule has 7 heteroatoms. The van der Waals surface area contributed by atoms with Crippen molar-refractivity contribution < 1.29 is 22.7 Å². The molecule has 2 aromatic rings. The van der Waals surface area contributed by atoms with Gasteiger partial charge in [-0.1, -0.05) is 12.1 Å². The number of sulfone groups is 1. The van der Waals surface area contributed by atoms with Crippen LogP contribution < -0.4 is 14.8 Å². The fraction of sp³-hybridized carbons (Fsp3) is 0.389. The normalized spacial score (nSPS) is 20.2. The largest absolute Gasteiger partial charge is 0.497 e. The van der Waals surface area contributed by atoms with Crippen LogP contribution in [0.2, 0.25) is 0 Å². The monoisotopic (exact) mass is 363 g/mol. The minimum Gasteiger partial charge on any atom is -0.497 e. The van der Waals surface area contributed by atoms with E-state index in [2.05, 4.69) is 5.32 Å². The summed E-state index contributed by atoms with van der Waals surface area (Å²) in [5.74, 6) is 1.13. The zero-order chi connectivity index (χ0) is 18.0. The Labute approximate surface area is 147 Å². The SMILES string of the molecule is COc1ccc2ccc(O[C@@H](C)C(=O)N[C@@H]3CCS(=O)(=O)C3)cc2c1. The summed E-state index contributed by atoms with van der Waals surface area (Å²) in [5.41, 5.74) is 0. The molecule has 3 rings (SSSR count). The van der Waals surface area contributed by atoms with Crippen molar-refractivity contribution in [3.8, 4) is 11.5 Å². The van der Waals surface area contributed by atoms with Crippen molar-refractivity contribution in [1.29, 1.82) is 0 Å². The van der Waals surface area contributed by atoms with Gasteiger partial charge in [0.2, 0.25) is 0 Å². The van der Waals surface area contributed by atoms with Crippen LogP contribution in [-0.4, -0.2) is 45.1 Å². The molecule has 1 saturated heterocycles. The number of fused-ring (bicyclic) bond motifs is 1. The molecule has 1 aliphatic rings. The lowest BCUT2D eigenvalue weighted by Crippen LogP contribution is -2.43. The highest BCUT2D eigenvalue weighted by atomic mass is 32.2. The molecule has 1 heterocycles. The number of amides is 1. The van der Waals surface area contributed by atoms with Gasteiger partial charge in [0.25, 0.3) is 5.91 Å². The number of carbonyl (C=O) groups is 1. The minimum atomic E-state index is -3.02. The van der Waals surface area contributed by atoms with Crippen LogP contribution in [0.15, 0.2) is 36.4 Å². The minimum absolute atomic E-state index is 0.00122. The van der Waals surface area contributed by atoms with Crippen LogP contribution in [0.25, 0.3) is 10.8 Å². The summed E-state index contributed by atoms with van der Waals surface area (Å²) in [6.07, 6.45) is -0.261. The molecule has 0 spiro atoms. The van der Waals surface area contributed by atoms with Crippen molar-refractivity contribution in [2.24, 2.45) is 0 Å². The smallest absolute Gasteiger partial charge is 0.261 e. The maximum atomic E-state index is 12.2. The van der Waals surface area contributed by atoms with Gasteiger partial charge in [-0.2, -0.15) is 0 Å². The second-order valence-electron chi connectivity index (χ2n) is 6.24. The first kappa shape index (κ1) is 17.5. The van der Waals surface area contributed by atoms with E-state index in [-0.39, 0.29) is 23.5 Å². The van der Waals surface area contributed by atoms with Crippen LogP contribution in [-0.2, 0) is 14.6 Å². The third-order valence-electron chi connectivity index (χ3n) is 4.28. The van der Waals surface area contributed by atoms with Crippen LogP contribution in [0.1, 0.15) is 13.3 Å². The molecular weight excluding hydrogens is 342 g/mol. The van der Waals surface area contributed by atoms with Crippen LogP contribution in [0.5, 0.6) is 11.5 Å². The number of benzene rings is 2. The Hall–Kier alpha value is -2.28. The average molecular weight is 363 g/mol. The molecule has 0 unspecified atom stereocenters. The zero-order valence-corrected chi connectivity index (χ0v) is 15.0. The van der Waals surface area contributed by atoms with Crippen molar-refractivity contribution in [1.82, 2.24) is 5.32 Å². The van der Waals surface area contributed by atoms with Crippen molar-refractivity contribution in [3.63, 3.8) is 0 Å². The lowest BCUT2D eigenvalue weighted by molar-refractivity contribution is -0.127. The maximum absolute atomic E-state index is 12.2. The molecular formula is C18H21NO5S. The number of methoxy groups -OCH3 is 1. The third-order valence-corrected chi connectivity index (χ3v) is 6.05. The molecule has 1 N–H and O–H groups in total. The highest BCUT2D eigenvalue weighted by molar-refractivity contribution is 7.91. The molecule has 0 aromatic heterocycles. The molecule has 2 aromatic carbocycles. The summed E-state index contributed by atoms with van der Waals surface area (Å²) in [6.45, 7) is 1.65. The Morgan fingerprint density at radius 2 is 1.84 bits per heavy atom. The number of hydrogen-bond acceptors (Lipinski definition) is 5. The van der Waals surface area contributed by atoms with Gasteiger partial charge in [0.15, 0.2) is 15.9 Å². The van der Waals surface area contributed by atoms with Gasteiger partial charge in [0.05, 0.1) is 18.6 Å². The van der Waals surface area contributed by atoms with Crippen LogP contribution in [0.4, 0.5) is 0 Å². The highest BCUT2D eigenvalue weighted by Gasteiger charge is 2.30. The average Bonchev–Trinajstić information content (AvgIpc) is 2.92. The summed E-state index contributed by atoms with van der Waals surface area (Å²) in [4.78, 5) is 12.2. The summed E-state index contributed by atoms with van der Waals surface area (Å²) >= 11 is 0. The summed E-state index contributed by atoms with van der Waals surface area (Å²) in [7, 11) is -1.42. The molecule has 134 valence electrons. The van der Waals surface area contributed by atoms with Crippen LogP contribution in [0.3, 0.4) is 0 Å². The second-order valence-corrected chi connectivity index (χ2v) is 8.47. The van der Waals surface area contributed by atoms with E-state index in [4.69, 9.17) is 9.47 Å². The molecule has 1 amide bonds. The zero-order valence-electron chi connectivity index (χ0n) is 14.2. The molecule has 0 saturated carbocycles. The lowest BCUT2D eigenvalue weighted by Gasteiger charge is -2.17. The number of rotatable bonds is 5. The van der Waals surface area contributed by atoms with E-state index < -0.39 is 15.9 Å². The first-order valence-corrected chi connectivity index (χ1v) is 9.94. The predicted molar refractivity (Wildman–Crippen MR) is 95.8 cm³/mol. The Balaban J connectivity index is 1.66. The van der Waals surface area contributed by atoms with E-state index >= 15 is 0 Å². The van der Waals surface area contributed by atoms with E-state index in [9.17, 15) is 13.2 Å². The Bertz CT molecular complexity index is 893. The first-order chi connectivity index (χ1) is 11.9. The third kappa shape index (κ3) is 4.22. The Morgan fingerprint density at radius 1 is 1.16 bits per heavy atom. The number of ether oxygens (including phenoxy) is 2. The molecule has 0 radical (unpaired) electrons. The number of nitrogens with one attached hydrogen (secondary N) is 1. The molecule has 0 bridgehead atoms. The molecule has 2 atom stereocenters. The number of hydrogen-bond donors (Lipinski definition) is 1. The summed E-state index contributed by atoms with van der Waals surface area (Å²) in [5, 5.41) is 4.74. The standard InChI is InChI=1S/C18H21NO5S/c1-12(18(20)19-15-7-8-25(21,22)11-15)24-17-6-4-13-3-5-16(23-2)9-14(13)10-17/h3-6,9-10,12,15H,7-8,11H2,1-2H3,(H,19,20)/t12-,15+/m0/s1.